The minimum Gasteiger partial charge on any atom is -0.497 e. The Labute approximate surface area is 128 Å². The van der Waals surface area contributed by atoms with E-state index in [-0.39, 0.29) is 0 Å². The van der Waals surface area contributed by atoms with Gasteiger partial charge in [-0.1, -0.05) is 12.1 Å². The zero-order valence-corrected chi connectivity index (χ0v) is 13.1. The Bertz CT molecular complexity index is 752. The van der Waals surface area contributed by atoms with Crippen molar-refractivity contribution in [3.63, 3.8) is 0 Å². The molecular weight excluding hydrogens is 282 g/mol. The van der Waals surface area contributed by atoms with Gasteiger partial charge in [0.2, 0.25) is 0 Å². The molecule has 0 aliphatic carbocycles. The normalized spacial score (nSPS) is 10.8. The van der Waals surface area contributed by atoms with E-state index in [1.54, 1.807) is 24.8 Å². The first-order chi connectivity index (χ1) is 10.2. The first kappa shape index (κ1) is 13.8. The van der Waals surface area contributed by atoms with Crippen LogP contribution in [0.4, 0.5) is 5.82 Å². The van der Waals surface area contributed by atoms with Gasteiger partial charge in [0.25, 0.3) is 0 Å². The van der Waals surface area contributed by atoms with E-state index in [1.807, 2.05) is 12.1 Å². The predicted octanol–water partition coefficient (Wildman–Crippen LogP) is 3.64. The largest absolute Gasteiger partial charge is 0.497 e. The summed E-state index contributed by atoms with van der Waals surface area (Å²) in [6, 6.07) is 10.3. The fraction of sp³-hybridized carbons (Fsp3) is 0.250. The van der Waals surface area contributed by atoms with E-state index in [0.29, 0.717) is 0 Å². The molecule has 4 nitrogen and oxygen atoms in total. The van der Waals surface area contributed by atoms with Gasteiger partial charge in [0.1, 0.15) is 22.7 Å². The number of anilines is 1. The maximum atomic E-state index is 5.19. The van der Waals surface area contributed by atoms with Crippen molar-refractivity contribution < 1.29 is 4.74 Å². The Hall–Kier alpha value is -2.14. The lowest BCUT2D eigenvalue weighted by molar-refractivity contribution is 0.414. The Morgan fingerprint density at radius 3 is 2.67 bits per heavy atom. The summed E-state index contributed by atoms with van der Waals surface area (Å²) in [7, 11) is 3.73. The smallest absolute Gasteiger partial charge is 0.140 e. The molecule has 2 aromatic heterocycles. The van der Waals surface area contributed by atoms with Gasteiger partial charge in [-0.2, -0.15) is 0 Å². The number of thiophene rings is 1. The molecule has 0 saturated heterocycles. The van der Waals surface area contributed by atoms with Crippen LogP contribution in [0, 0.1) is 6.92 Å². The van der Waals surface area contributed by atoms with Gasteiger partial charge in [0.15, 0.2) is 0 Å². The topological polar surface area (TPSA) is 38.2 Å². The summed E-state index contributed by atoms with van der Waals surface area (Å²) in [6.45, 7) is 2.89. The van der Waals surface area contributed by atoms with Crippen LogP contribution in [0.2, 0.25) is 0 Å². The monoisotopic (exact) mass is 299 g/mol. The third kappa shape index (κ3) is 2.83. The summed E-state index contributed by atoms with van der Waals surface area (Å²) in [6.07, 6.45) is 1.64. The number of aryl methyl sites for hydroxylation is 1. The third-order valence-electron chi connectivity index (χ3n) is 3.37. The minimum absolute atomic E-state index is 0.797. The van der Waals surface area contributed by atoms with E-state index in [9.17, 15) is 0 Å². The number of nitrogens with zero attached hydrogens (tertiary/aromatic N) is 3. The SMILES string of the molecule is COc1ccc(CN(C)c2ncnc3sc(C)cc23)cc1. The number of hydrogen-bond donors (Lipinski definition) is 0. The van der Waals surface area contributed by atoms with Crippen LogP contribution in [0.3, 0.4) is 0 Å². The number of aromatic nitrogens is 2. The van der Waals surface area contributed by atoms with Crippen LogP contribution in [-0.2, 0) is 6.54 Å². The van der Waals surface area contributed by atoms with Crippen molar-refractivity contribution in [2.75, 3.05) is 19.1 Å². The molecule has 0 N–H and O–H groups in total. The highest BCUT2D eigenvalue weighted by Crippen LogP contribution is 2.29. The van der Waals surface area contributed by atoms with E-state index in [1.165, 1.54) is 10.4 Å². The van der Waals surface area contributed by atoms with E-state index in [0.717, 1.165) is 28.3 Å². The van der Waals surface area contributed by atoms with Crippen molar-refractivity contribution in [3.8, 4) is 5.75 Å². The second-order valence-electron chi connectivity index (χ2n) is 4.98. The molecule has 3 aromatic rings. The van der Waals surface area contributed by atoms with Crippen molar-refractivity contribution in [1.82, 2.24) is 9.97 Å². The maximum Gasteiger partial charge on any atom is 0.140 e. The molecule has 0 unspecified atom stereocenters. The zero-order chi connectivity index (χ0) is 14.8. The minimum atomic E-state index is 0.797. The average molecular weight is 299 g/mol. The summed E-state index contributed by atoms with van der Waals surface area (Å²) in [5.41, 5.74) is 1.22. The average Bonchev–Trinajstić information content (AvgIpc) is 2.87. The van der Waals surface area contributed by atoms with Crippen LogP contribution >= 0.6 is 11.3 Å². The molecule has 0 atom stereocenters. The van der Waals surface area contributed by atoms with E-state index < -0.39 is 0 Å². The van der Waals surface area contributed by atoms with Gasteiger partial charge in [-0.3, -0.25) is 0 Å². The Balaban J connectivity index is 1.87. The first-order valence-electron chi connectivity index (χ1n) is 6.72. The van der Waals surface area contributed by atoms with Crippen molar-refractivity contribution >= 4 is 27.4 Å². The van der Waals surface area contributed by atoms with Gasteiger partial charge in [-0.15, -0.1) is 11.3 Å². The third-order valence-corrected chi connectivity index (χ3v) is 4.33. The van der Waals surface area contributed by atoms with Crippen LogP contribution in [0.5, 0.6) is 5.75 Å². The van der Waals surface area contributed by atoms with E-state index in [4.69, 9.17) is 4.74 Å². The lowest BCUT2D eigenvalue weighted by Crippen LogP contribution is -2.17. The lowest BCUT2D eigenvalue weighted by atomic mass is 10.2. The summed E-state index contributed by atoms with van der Waals surface area (Å²) < 4.78 is 5.19. The number of methoxy groups -OCH3 is 1. The molecule has 0 aliphatic rings. The second kappa shape index (κ2) is 5.69. The number of ether oxygens (including phenoxy) is 1. The highest BCUT2D eigenvalue weighted by molar-refractivity contribution is 7.18. The Morgan fingerprint density at radius 1 is 1.19 bits per heavy atom. The number of fused-ring (bicyclic) bond motifs is 1. The molecule has 0 spiro atoms. The van der Waals surface area contributed by atoms with Gasteiger partial charge in [-0.25, -0.2) is 9.97 Å². The van der Waals surface area contributed by atoms with Crippen molar-refractivity contribution in [2.45, 2.75) is 13.5 Å². The van der Waals surface area contributed by atoms with Crippen LogP contribution in [0.25, 0.3) is 10.2 Å². The fourth-order valence-electron chi connectivity index (χ4n) is 2.35. The molecule has 2 heterocycles. The maximum absolute atomic E-state index is 5.19. The zero-order valence-electron chi connectivity index (χ0n) is 12.3. The standard InChI is InChI=1S/C16H17N3OS/c1-11-8-14-15(17-10-18-16(14)21-11)19(2)9-12-4-6-13(20-3)7-5-12/h4-8,10H,9H2,1-3H3. The molecule has 1 aromatic carbocycles. The molecule has 0 bridgehead atoms. The molecule has 5 heteroatoms. The second-order valence-corrected chi connectivity index (χ2v) is 6.21. The van der Waals surface area contributed by atoms with Gasteiger partial charge in [0, 0.05) is 18.5 Å². The molecule has 3 rings (SSSR count). The first-order valence-corrected chi connectivity index (χ1v) is 7.54. The summed E-state index contributed by atoms with van der Waals surface area (Å²) in [4.78, 5) is 13.2. The lowest BCUT2D eigenvalue weighted by Gasteiger charge is -2.19. The molecule has 0 amide bonds. The number of hydrogen-bond acceptors (Lipinski definition) is 5. The highest BCUT2D eigenvalue weighted by Gasteiger charge is 2.11. The number of benzene rings is 1. The van der Waals surface area contributed by atoms with Crippen molar-refractivity contribution in [2.24, 2.45) is 0 Å². The number of rotatable bonds is 4. The highest BCUT2D eigenvalue weighted by atomic mass is 32.1. The van der Waals surface area contributed by atoms with E-state index in [2.05, 4.69) is 47.0 Å². The summed E-state index contributed by atoms with van der Waals surface area (Å²) in [5.74, 6) is 1.85. The van der Waals surface area contributed by atoms with Gasteiger partial charge in [-0.05, 0) is 30.7 Å². The van der Waals surface area contributed by atoms with Crippen LogP contribution < -0.4 is 9.64 Å². The predicted molar refractivity (Wildman–Crippen MR) is 87.3 cm³/mol. The van der Waals surface area contributed by atoms with Crippen LogP contribution in [-0.4, -0.2) is 24.1 Å². The molecular formula is C16H17N3OS. The molecule has 0 saturated carbocycles. The molecule has 0 radical (unpaired) electrons. The fourth-order valence-corrected chi connectivity index (χ4v) is 3.19. The van der Waals surface area contributed by atoms with Gasteiger partial charge in [0.05, 0.1) is 12.5 Å². The molecule has 0 aliphatic heterocycles. The quantitative estimate of drug-likeness (QED) is 0.737. The van der Waals surface area contributed by atoms with Gasteiger partial charge < -0.3 is 9.64 Å². The molecule has 108 valence electrons. The van der Waals surface area contributed by atoms with Gasteiger partial charge >= 0.3 is 0 Å². The Morgan fingerprint density at radius 2 is 1.95 bits per heavy atom. The Kier molecular flexibility index (Phi) is 3.75. The van der Waals surface area contributed by atoms with Crippen LogP contribution in [0.1, 0.15) is 10.4 Å². The van der Waals surface area contributed by atoms with Crippen molar-refractivity contribution in [3.05, 3.63) is 47.1 Å². The summed E-state index contributed by atoms with van der Waals surface area (Å²) >= 11 is 1.70. The van der Waals surface area contributed by atoms with Crippen LogP contribution in [0.15, 0.2) is 36.7 Å². The summed E-state index contributed by atoms with van der Waals surface area (Å²) in [5, 5.41) is 1.12. The van der Waals surface area contributed by atoms with E-state index >= 15 is 0 Å². The molecule has 21 heavy (non-hydrogen) atoms. The molecule has 0 fully saturated rings. The van der Waals surface area contributed by atoms with Crippen molar-refractivity contribution in [1.29, 1.82) is 0 Å².